The van der Waals surface area contributed by atoms with Gasteiger partial charge >= 0.3 is 0 Å². The van der Waals surface area contributed by atoms with Gasteiger partial charge in [-0.2, -0.15) is 5.10 Å². The maximum absolute atomic E-state index is 12.3. The summed E-state index contributed by atoms with van der Waals surface area (Å²) in [6.45, 7) is 8.61. The van der Waals surface area contributed by atoms with Crippen LogP contribution < -0.4 is 10.1 Å². The number of halogens is 1. The normalized spacial score (nSPS) is 20.6. The number of amides is 1. The summed E-state index contributed by atoms with van der Waals surface area (Å²) < 4.78 is 12.8. The molecule has 1 aliphatic heterocycles. The highest BCUT2D eigenvalue weighted by Gasteiger charge is 2.25. The second-order valence-corrected chi connectivity index (χ2v) is 6.18. The largest absolute Gasteiger partial charge is 0.481 e. The topological polar surface area (TPSA) is 68.6 Å². The minimum absolute atomic E-state index is 0. The average Bonchev–Trinajstić information content (AvgIpc) is 2.75. The number of carbonyl (C=O) groups is 1. The van der Waals surface area contributed by atoms with Crippen LogP contribution in [0.5, 0.6) is 5.88 Å². The number of nitrogens with one attached hydrogen (secondary N) is 1. The lowest BCUT2D eigenvalue weighted by molar-refractivity contribution is -0.143. The van der Waals surface area contributed by atoms with E-state index in [1.165, 1.54) is 0 Å². The first-order chi connectivity index (χ1) is 10.9. The third-order valence-corrected chi connectivity index (χ3v) is 4.07. The van der Waals surface area contributed by atoms with Crippen LogP contribution >= 0.6 is 12.4 Å². The number of carbonyl (C=O) groups excluding carboxylic acids is 1. The summed E-state index contributed by atoms with van der Waals surface area (Å²) in [5.74, 6) is 0.937. The highest BCUT2D eigenvalue weighted by Crippen LogP contribution is 2.20. The van der Waals surface area contributed by atoms with Crippen LogP contribution in [0.15, 0.2) is 0 Å². The Morgan fingerprint density at radius 2 is 2.00 bits per heavy atom. The molecule has 1 aliphatic rings. The molecule has 2 unspecified atom stereocenters. The second-order valence-electron chi connectivity index (χ2n) is 6.18. The molecule has 0 radical (unpaired) electrons. The Kier molecular flexibility index (Phi) is 7.99. The van der Waals surface area contributed by atoms with E-state index in [9.17, 15) is 4.79 Å². The number of rotatable bonds is 6. The van der Waals surface area contributed by atoms with E-state index >= 15 is 0 Å². The lowest BCUT2D eigenvalue weighted by atomic mass is 10.2. The molecule has 0 aromatic carbocycles. The van der Waals surface area contributed by atoms with E-state index in [4.69, 9.17) is 9.47 Å². The van der Waals surface area contributed by atoms with E-state index in [1.807, 2.05) is 32.7 Å². The SMILES string of the molecule is COc1c(CNCCC(=O)N2CC(C)OC(C)C2)c(C)nn1C.Cl. The number of morpholine rings is 1. The van der Waals surface area contributed by atoms with E-state index in [2.05, 4.69) is 10.4 Å². The molecular weight excluding hydrogens is 332 g/mol. The van der Waals surface area contributed by atoms with Gasteiger partial charge in [0.25, 0.3) is 0 Å². The summed E-state index contributed by atoms with van der Waals surface area (Å²) in [5.41, 5.74) is 1.98. The molecule has 0 aliphatic carbocycles. The molecule has 2 heterocycles. The molecule has 2 atom stereocenters. The van der Waals surface area contributed by atoms with Crippen molar-refractivity contribution in [3.05, 3.63) is 11.3 Å². The van der Waals surface area contributed by atoms with Gasteiger partial charge in [-0.05, 0) is 20.8 Å². The Morgan fingerprint density at radius 1 is 1.38 bits per heavy atom. The predicted molar refractivity (Wildman–Crippen MR) is 94.7 cm³/mol. The Labute approximate surface area is 150 Å². The molecule has 8 heteroatoms. The predicted octanol–water partition coefficient (Wildman–Crippen LogP) is 1.27. The third-order valence-electron chi connectivity index (χ3n) is 4.07. The summed E-state index contributed by atoms with van der Waals surface area (Å²) in [7, 11) is 3.50. The fraction of sp³-hybridized carbons (Fsp3) is 0.750. The maximum Gasteiger partial charge on any atom is 0.224 e. The van der Waals surface area contributed by atoms with Crippen LogP contribution in [0.25, 0.3) is 0 Å². The first-order valence-electron chi connectivity index (χ1n) is 8.12. The standard InChI is InChI=1S/C16H28N4O3.ClH/c1-11-9-20(10-12(2)23-11)15(21)6-7-17-8-14-13(3)18-19(4)16(14)22-5;/h11-12,17H,6-10H2,1-5H3;1H. The second kappa shape index (κ2) is 9.25. The van der Waals surface area contributed by atoms with Gasteiger partial charge in [-0.3, -0.25) is 4.79 Å². The minimum atomic E-state index is 0. The van der Waals surface area contributed by atoms with Gasteiger partial charge in [-0.15, -0.1) is 12.4 Å². The Morgan fingerprint density at radius 3 is 2.58 bits per heavy atom. The number of nitrogens with zero attached hydrogens (tertiary/aromatic N) is 3. The molecule has 0 spiro atoms. The van der Waals surface area contributed by atoms with Crippen molar-refractivity contribution in [2.75, 3.05) is 26.7 Å². The van der Waals surface area contributed by atoms with Crippen molar-refractivity contribution in [1.82, 2.24) is 20.0 Å². The quantitative estimate of drug-likeness (QED) is 0.774. The highest BCUT2D eigenvalue weighted by molar-refractivity contribution is 5.85. The smallest absolute Gasteiger partial charge is 0.224 e. The van der Waals surface area contributed by atoms with Gasteiger partial charge in [-0.1, -0.05) is 0 Å². The lowest BCUT2D eigenvalue weighted by Crippen LogP contribution is -2.48. The average molecular weight is 361 g/mol. The molecule has 7 nitrogen and oxygen atoms in total. The van der Waals surface area contributed by atoms with Gasteiger partial charge in [0.1, 0.15) is 0 Å². The van der Waals surface area contributed by atoms with Crippen molar-refractivity contribution >= 4 is 18.3 Å². The minimum Gasteiger partial charge on any atom is -0.481 e. The maximum atomic E-state index is 12.3. The van der Waals surface area contributed by atoms with Gasteiger partial charge in [0.05, 0.1) is 30.6 Å². The van der Waals surface area contributed by atoms with Gasteiger partial charge in [0.2, 0.25) is 11.8 Å². The van der Waals surface area contributed by atoms with Crippen LogP contribution in [0, 0.1) is 6.92 Å². The molecule has 0 saturated carbocycles. The number of ether oxygens (including phenoxy) is 2. The summed E-state index contributed by atoms with van der Waals surface area (Å²) in [6.07, 6.45) is 0.706. The van der Waals surface area contributed by atoms with Crippen LogP contribution in [-0.2, 0) is 23.1 Å². The van der Waals surface area contributed by atoms with Crippen LogP contribution in [0.3, 0.4) is 0 Å². The van der Waals surface area contributed by atoms with Gasteiger partial charge in [0, 0.05) is 39.6 Å². The molecule has 1 aromatic heterocycles. The molecule has 1 aromatic rings. The highest BCUT2D eigenvalue weighted by atomic mass is 35.5. The summed E-state index contributed by atoms with van der Waals surface area (Å²) >= 11 is 0. The number of hydrogen-bond donors (Lipinski definition) is 1. The zero-order valence-electron chi connectivity index (χ0n) is 15.2. The fourth-order valence-corrected chi connectivity index (χ4v) is 3.09. The van der Waals surface area contributed by atoms with E-state index in [0.29, 0.717) is 32.6 Å². The van der Waals surface area contributed by atoms with Crippen molar-refractivity contribution in [2.45, 2.75) is 45.9 Å². The molecular formula is C16H29ClN4O3. The molecule has 138 valence electrons. The Balaban J connectivity index is 0.00000288. The third kappa shape index (κ3) is 5.09. The van der Waals surface area contributed by atoms with Crippen LogP contribution in [0.4, 0.5) is 0 Å². The molecule has 24 heavy (non-hydrogen) atoms. The Hall–Kier alpha value is -1.31. The van der Waals surface area contributed by atoms with Crippen LogP contribution in [-0.4, -0.2) is 59.5 Å². The molecule has 1 amide bonds. The zero-order chi connectivity index (χ0) is 17.0. The fourth-order valence-electron chi connectivity index (χ4n) is 3.09. The van der Waals surface area contributed by atoms with Crippen molar-refractivity contribution in [1.29, 1.82) is 0 Å². The first-order valence-corrected chi connectivity index (χ1v) is 8.12. The summed E-state index contributed by atoms with van der Waals surface area (Å²) in [4.78, 5) is 14.2. The zero-order valence-corrected chi connectivity index (χ0v) is 16.0. The van der Waals surface area contributed by atoms with E-state index < -0.39 is 0 Å². The van der Waals surface area contributed by atoms with Crippen molar-refractivity contribution in [3.63, 3.8) is 0 Å². The molecule has 1 fully saturated rings. The van der Waals surface area contributed by atoms with E-state index in [-0.39, 0.29) is 30.5 Å². The monoisotopic (exact) mass is 360 g/mol. The van der Waals surface area contributed by atoms with Crippen LogP contribution in [0.2, 0.25) is 0 Å². The van der Waals surface area contributed by atoms with Gasteiger partial charge in [0.15, 0.2) is 0 Å². The number of methoxy groups -OCH3 is 1. The van der Waals surface area contributed by atoms with Crippen molar-refractivity contribution < 1.29 is 14.3 Å². The van der Waals surface area contributed by atoms with Crippen LogP contribution in [0.1, 0.15) is 31.5 Å². The lowest BCUT2D eigenvalue weighted by Gasteiger charge is -2.35. The number of aryl methyl sites for hydroxylation is 2. The summed E-state index contributed by atoms with van der Waals surface area (Å²) in [6, 6.07) is 0. The van der Waals surface area contributed by atoms with Crippen molar-refractivity contribution in [2.24, 2.45) is 7.05 Å². The molecule has 1 saturated heterocycles. The van der Waals surface area contributed by atoms with Gasteiger partial charge in [-0.25, -0.2) is 4.68 Å². The summed E-state index contributed by atoms with van der Waals surface area (Å²) in [5, 5.41) is 7.66. The molecule has 0 bridgehead atoms. The van der Waals surface area contributed by atoms with E-state index in [0.717, 1.165) is 17.1 Å². The number of hydrogen-bond acceptors (Lipinski definition) is 5. The van der Waals surface area contributed by atoms with Gasteiger partial charge < -0.3 is 19.7 Å². The molecule has 1 N–H and O–H groups in total. The first kappa shape index (κ1) is 20.7. The number of aromatic nitrogens is 2. The molecule has 2 rings (SSSR count). The van der Waals surface area contributed by atoms with Crippen molar-refractivity contribution in [3.8, 4) is 5.88 Å². The van der Waals surface area contributed by atoms with E-state index in [1.54, 1.807) is 11.8 Å². The Bertz CT molecular complexity index is 540.